The van der Waals surface area contributed by atoms with Crippen LogP contribution >= 0.6 is 0 Å². The molecule has 0 spiro atoms. The van der Waals surface area contributed by atoms with Crippen LogP contribution in [0.5, 0.6) is 0 Å². The molecular formula is C15H23NO. The van der Waals surface area contributed by atoms with Crippen molar-refractivity contribution in [3.63, 3.8) is 0 Å². The van der Waals surface area contributed by atoms with E-state index < -0.39 is 0 Å². The summed E-state index contributed by atoms with van der Waals surface area (Å²) in [6, 6.07) is 4.49. The summed E-state index contributed by atoms with van der Waals surface area (Å²) >= 11 is 0. The number of rotatable bonds is 6. The molecule has 0 fully saturated rings. The van der Waals surface area contributed by atoms with Crippen LogP contribution in [0.15, 0.2) is 18.2 Å². The molecule has 0 heterocycles. The molecule has 0 radical (unpaired) electrons. The fourth-order valence-corrected chi connectivity index (χ4v) is 1.71. The molecule has 0 saturated carbocycles. The summed E-state index contributed by atoms with van der Waals surface area (Å²) in [5.74, 6) is 0. The molecule has 0 aliphatic rings. The number of aryl methyl sites for hydroxylation is 3. The first-order valence-corrected chi connectivity index (χ1v) is 6.09. The summed E-state index contributed by atoms with van der Waals surface area (Å²) < 4.78 is 4.97. The maximum Gasteiger partial charge on any atom is 0.0587 e. The largest absolute Gasteiger partial charge is 0.383 e. The Labute approximate surface area is 105 Å². The average molecular weight is 233 g/mol. The minimum Gasteiger partial charge on any atom is -0.383 e. The van der Waals surface area contributed by atoms with Crippen molar-refractivity contribution in [1.82, 2.24) is 5.32 Å². The highest BCUT2D eigenvalue weighted by molar-refractivity contribution is 5.56. The first-order valence-electron chi connectivity index (χ1n) is 6.09. The molecule has 0 aromatic heterocycles. The number of hydrogen-bond acceptors (Lipinski definition) is 2. The zero-order valence-electron chi connectivity index (χ0n) is 11.3. The summed E-state index contributed by atoms with van der Waals surface area (Å²) in [6.07, 6.45) is 4.34. The second-order valence-corrected chi connectivity index (χ2v) is 4.39. The Morgan fingerprint density at radius 2 is 1.82 bits per heavy atom. The average Bonchev–Trinajstić information content (AvgIpc) is 2.30. The van der Waals surface area contributed by atoms with Crippen molar-refractivity contribution in [1.29, 1.82) is 0 Å². The van der Waals surface area contributed by atoms with E-state index in [1.165, 1.54) is 22.3 Å². The molecule has 94 valence electrons. The van der Waals surface area contributed by atoms with Crippen LogP contribution in [0, 0.1) is 20.8 Å². The zero-order chi connectivity index (χ0) is 12.7. The van der Waals surface area contributed by atoms with Crippen LogP contribution in [0.3, 0.4) is 0 Å². The van der Waals surface area contributed by atoms with Gasteiger partial charge in [0.2, 0.25) is 0 Å². The van der Waals surface area contributed by atoms with Gasteiger partial charge in [0.25, 0.3) is 0 Å². The fraction of sp³-hybridized carbons (Fsp3) is 0.467. The summed E-state index contributed by atoms with van der Waals surface area (Å²) in [5.41, 5.74) is 5.35. The number of methoxy groups -OCH3 is 1. The quantitative estimate of drug-likeness (QED) is 0.763. The van der Waals surface area contributed by atoms with Gasteiger partial charge in [-0.05, 0) is 43.0 Å². The maximum absolute atomic E-state index is 4.97. The van der Waals surface area contributed by atoms with Gasteiger partial charge >= 0.3 is 0 Å². The lowest BCUT2D eigenvalue weighted by atomic mass is 10.0. The van der Waals surface area contributed by atoms with Crippen LogP contribution in [0.25, 0.3) is 6.08 Å². The molecule has 0 aliphatic carbocycles. The molecule has 17 heavy (non-hydrogen) atoms. The molecule has 1 N–H and O–H groups in total. The second-order valence-electron chi connectivity index (χ2n) is 4.39. The summed E-state index contributed by atoms with van der Waals surface area (Å²) in [5, 5.41) is 3.29. The van der Waals surface area contributed by atoms with Crippen molar-refractivity contribution in [3.05, 3.63) is 40.5 Å². The maximum atomic E-state index is 4.97. The Morgan fingerprint density at radius 1 is 1.12 bits per heavy atom. The van der Waals surface area contributed by atoms with Gasteiger partial charge in [-0.15, -0.1) is 0 Å². The lowest BCUT2D eigenvalue weighted by molar-refractivity contribution is 0.200. The van der Waals surface area contributed by atoms with Gasteiger partial charge in [0, 0.05) is 20.2 Å². The zero-order valence-corrected chi connectivity index (χ0v) is 11.3. The van der Waals surface area contributed by atoms with Crippen molar-refractivity contribution in [3.8, 4) is 0 Å². The summed E-state index contributed by atoms with van der Waals surface area (Å²) in [7, 11) is 1.72. The molecule has 2 heteroatoms. The SMILES string of the molecule is COCCNCC=Cc1cc(C)c(C)cc1C. The van der Waals surface area contributed by atoms with Crippen LogP contribution in [0.4, 0.5) is 0 Å². The molecule has 0 saturated heterocycles. The normalized spacial score (nSPS) is 11.3. The van der Waals surface area contributed by atoms with Gasteiger partial charge in [-0.2, -0.15) is 0 Å². The Bertz CT molecular complexity index is 383. The lowest BCUT2D eigenvalue weighted by Gasteiger charge is -2.06. The van der Waals surface area contributed by atoms with Crippen molar-refractivity contribution in [2.45, 2.75) is 20.8 Å². The number of nitrogens with one attached hydrogen (secondary N) is 1. The second kappa shape index (κ2) is 7.25. The molecule has 0 atom stereocenters. The molecule has 1 aromatic rings. The first kappa shape index (κ1) is 13.9. The smallest absolute Gasteiger partial charge is 0.0587 e. The Kier molecular flexibility index (Phi) is 5.95. The van der Waals surface area contributed by atoms with E-state index in [9.17, 15) is 0 Å². The van der Waals surface area contributed by atoms with E-state index in [1.807, 2.05) is 0 Å². The van der Waals surface area contributed by atoms with Crippen LogP contribution in [-0.2, 0) is 4.74 Å². The molecule has 1 aromatic carbocycles. The van der Waals surface area contributed by atoms with Gasteiger partial charge in [0.15, 0.2) is 0 Å². The Morgan fingerprint density at radius 3 is 2.53 bits per heavy atom. The summed E-state index contributed by atoms with van der Waals surface area (Å²) in [4.78, 5) is 0. The molecule has 0 bridgehead atoms. The molecular weight excluding hydrogens is 210 g/mol. The third-order valence-electron chi connectivity index (χ3n) is 2.92. The van der Waals surface area contributed by atoms with Crippen LogP contribution in [0.1, 0.15) is 22.3 Å². The Balaban J connectivity index is 2.51. The summed E-state index contributed by atoms with van der Waals surface area (Å²) in [6.45, 7) is 9.01. The predicted octanol–water partition coefficient (Wildman–Crippen LogP) is 2.86. The van der Waals surface area contributed by atoms with Crippen molar-refractivity contribution in [2.24, 2.45) is 0 Å². The van der Waals surface area contributed by atoms with Crippen LogP contribution in [-0.4, -0.2) is 26.8 Å². The molecule has 0 amide bonds. The van der Waals surface area contributed by atoms with Crippen molar-refractivity contribution >= 4 is 6.08 Å². The predicted molar refractivity (Wildman–Crippen MR) is 74.4 cm³/mol. The van der Waals surface area contributed by atoms with E-state index in [4.69, 9.17) is 4.74 Å². The van der Waals surface area contributed by atoms with Gasteiger partial charge in [-0.3, -0.25) is 0 Å². The van der Waals surface area contributed by atoms with Gasteiger partial charge in [-0.25, -0.2) is 0 Å². The lowest BCUT2D eigenvalue weighted by Crippen LogP contribution is -2.18. The van der Waals surface area contributed by atoms with E-state index in [0.717, 1.165) is 19.7 Å². The monoisotopic (exact) mass is 233 g/mol. The molecule has 1 rings (SSSR count). The highest BCUT2D eigenvalue weighted by Gasteiger charge is 1.98. The molecule has 2 nitrogen and oxygen atoms in total. The minimum absolute atomic E-state index is 0.760. The highest BCUT2D eigenvalue weighted by atomic mass is 16.5. The van der Waals surface area contributed by atoms with E-state index in [1.54, 1.807) is 7.11 Å². The third kappa shape index (κ3) is 4.72. The fourth-order valence-electron chi connectivity index (χ4n) is 1.71. The van der Waals surface area contributed by atoms with Crippen molar-refractivity contribution in [2.75, 3.05) is 26.8 Å². The van der Waals surface area contributed by atoms with E-state index in [2.05, 4.69) is 50.4 Å². The van der Waals surface area contributed by atoms with Gasteiger partial charge in [0.05, 0.1) is 6.61 Å². The standard InChI is InChI=1S/C15H23NO/c1-12-10-14(3)15(11-13(12)2)6-5-7-16-8-9-17-4/h5-6,10-11,16H,7-9H2,1-4H3. The Hall–Kier alpha value is -1.12. The number of hydrogen-bond donors (Lipinski definition) is 1. The van der Waals surface area contributed by atoms with Gasteiger partial charge in [0.1, 0.15) is 0 Å². The van der Waals surface area contributed by atoms with E-state index in [0.29, 0.717) is 0 Å². The van der Waals surface area contributed by atoms with Gasteiger partial charge < -0.3 is 10.1 Å². The van der Waals surface area contributed by atoms with Crippen molar-refractivity contribution < 1.29 is 4.74 Å². The van der Waals surface area contributed by atoms with Gasteiger partial charge in [-0.1, -0.05) is 24.3 Å². The third-order valence-corrected chi connectivity index (χ3v) is 2.92. The molecule has 0 aliphatic heterocycles. The number of ether oxygens (including phenoxy) is 1. The highest BCUT2D eigenvalue weighted by Crippen LogP contribution is 2.16. The minimum atomic E-state index is 0.760. The molecule has 0 unspecified atom stereocenters. The van der Waals surface area contributed by atoms with Crippen LogP contribution < -0.4 is 5.32 Å². The van der Waals surface area contributed by atoms with E-state index in [-0.39, 0.29) is 0 Å². The number of benzene rings is 1. The van der Waals surface area contributed by atoms with Crippen LogP contribution in [0.2, 0.25) is 0 Å². The first-order chi connectivity index (χ1) is 8.15. The topological polar surface area (TPSA) is 21.3 Å². The van der Waals surface area contributed by atoms with E-state index >= 15 is 0 Å².